The Hall–Kier alpha value is -3.68. The van der Waals surface area contributed by atoms with E-state index in [9.17, 15) is 14.0 Å². The first-order valence-electron chi connectivity index (χ1n) is 11.3. The Morgan fingerprint density at radius 1 is 1.12 bits per heavy atom. The fraction of sp³-hybridized carbons (Fsp3) is 0.346. The zero-order valence-corrected chi connectivity index (χ0v) is 20.1. The molecule has 0 saturated heterocycles. The third-order valence-corrected chi connectivity index (χ3v) is 5.84. The van der Waals surface area contributed by atoms with Gasteiger partial charge in [0.05, 0.1) is 24.2 Å². The number of methoxy groups -OCH3 is 1. The molecule has 0 spiro atoms. The van der Waals surface area contributed by atoms with E-state index in [1.165, 1.54) is 13.2 Å². The van der Waals surface area contributed by atoms with E-state index in [0.29, 0.717) is 43.6 Å². The average Bonchev–Trinajstić information content (AvgIpc) is 3.13. The van der Waals surface area contributed by atoms with Gasteiger partial charge in [-0.15, -0.1) is 0 Å². The normalized spacial score (nSPS) is 10.7. The highest BCUT2D eigenvalue weighted by Gasteiger charge is 2.15. The number of nitrogens with zero attached hydrogens (tertiary/aromatic N) is 3. The van der Waals surface area contributed by atoms with Gasteiger partial charge >= 0.3 is 5.97 Å². The summed E-state index contributed by atoms with van der Waals surface area (Å²) in [5.74, 6) is -0.666. The van der Waals surface area contributed by atoms with E-state index >= 15 is 0 Å². The topological polar surface area (TPSA) is 76.5 Å². The molecule has 0 atom stereocenters. The zero-order valence-electron chi connectivity index (χ0n) is 20.1. The summed E-state index contributed by atoms with van der Waals surface area (Å²) in [5, 5.41) is 7.51. The van der Waals surface area contributed by atoms with E-state index in [2.05, 4.69) is 10.4 Å². The summed E-state index contributed by atoms with van der Waals surface area (Å²) in [6, 6.07) is 13.9. The molecule has 1 heterocycles. The molecule has 1 amide bonds. The van der Waals surface area contributed by atoms with Gasteiger partial charge in [-0.05, 0) is 68.7 Å². The van der Waals surface area contributed by atoms with Gasteiger partial charge in [-0.1, -0.05) is 12.1 Å². The average molecular weight is 467 g/mol. The molecule has 0 aliphatic carbocycles. The van der Waals surface area contributed by atoms with Crippen molar-refractivity contribution in [3.05, 3.63) is 76.9 Å². The van der Waals surface area contributed by atoms with Gasteiger partial charge in [-0.25, -0.2) is 9.07 Å². The van der Waals surface area contributed by atoms with Crippen LogP contribution < -0.4 is 10.2 Å². The molecule has 0 saturated carbocycles. The number of para-hydroxylation sites is 1. The molecule has 8 heteroatoms. The number of aromatic nitrogens is 2. The van der Waals surface area contributed by atoms with Crippen molar-refractivity contribution < 1.29 is 18.7 Å². The van der Waals surface area contributed by atoms with Crippen molar-refractivity contribution in [2.45, 2.75) is 33.1 Å². The number of amides is 1. The third-order valence-electron chi connectivity index (χ3n) is 5.84. The number of benzene rings is 2. The van der Waals surface area contributed by atoms with Crippen LogP contribution in [-0.4, -0.2) is 48.9 Å². The van der Waals surface area contributed by atoms with Crippen molar-refractivity contribution in [3.8, 4) is 5.69 Å². The number of ether oxygens (including phenoxy) is 1. The molecular formula is C26H31FN4O3. The van der Waals surface area contributed by atoms with Crippen LogP contribution in [0.1, 0.15) is 40.2 Å². The molecule has 2 aromatic carbocycles. The first-order chi connectivity index (χ1) is 16.3. The molecule has 0 radical (unpaired) electrons. The number of halogens is 1. The summed E-state index contributed by atoms with van der Waals surface area (Å²) in [6.45, 7) is 4.99. The number of hydrogen-bond donors (Lipinski definition) is 1. The molecule has 1 N–H and O–H groups in total. The Morgan fingerprint density at radius 2 is 1.82 bits per heavy atom. The number of anilines is 1. The lowest BCUT2D eigenvalue weighted by Crippen LogP contribution is -2.28. The molecule has 3 rings (SSSR count). The highest BCUT2D eigenvalue weighted by molar-refractivity contribution is 5.94. The first kappa shape index (κ1) is 25.0. The van der Waals surface area contributed by atoms with E-state index in [1.54, 1.807) is 30.3 Å². The zero-order chi connectivity index (χ0) is 24.7. The summed E-state index contributed by atoms with van der Waals surface area (Å²) in [5.41, 5.74) is 4.78. The van der Waals surface area contributed by atoms with Gasteiger partial charge in [0.1, 0.15) is 5.82 Å². The second kappa shape index (κ2) is 11.4. The third kappa shape index (κ3) is 6.01. The van der Waals surface area contributed by atoms with Crippen LogP contribution in [0.15, 0.2) is 48.5 Å². The molecule has 0 unspecified atom stereocenters. The summed E-state index contributed by atoms with van der Waals surface area (Å²) in [4.78, 5) is 25.8. The molecule has 34 heavy (non-hydrogen) atoms. The van der Waals surface area contributed by atoms with Crippen molar-refractivity contribution in [3.63, 3.8) is 0 Å². The maximum atomic E-state index is 13.9. The van der Waals surface area contributed by atoms with Crippen molar-refractivity contribution in [2.75, 3.05) is 32.1 Å². The number of rotatable bonds is 10. The predicted octanol–water partition coefficient (Wildman–Crippen LogP) is 3.99. The largest absolute Gasteiger partial charge is 0.469 e. The number of hydrogen-bond acceptors (Lipinski definition) is 5. The van der Waals surface area contributed by atoms with Crippen molar-refractivity contribution >= 4 is 17.6 Å². The van der Waals surface area contributed by atoms with Gasteiger partial charge in [0.15, 0.2) is 0 Å². The Kier molecular flexibility index (Phi) is 8.40. The second-order valence-electron chi connectivity index (χ2n) is 8.17. The van der Waals surface area contributed by atoms with E-state index in [-0.39, 0.29) is 17.7 Å². The minimum Gasteiger partial charge on any atom is -0.469 e. The van der Waals surface area contributed by atoms with Crippen LogP contribution in [0.25, 0.3) is 5.69 Å². The molecule has 180 valence electrons. The van der Waals surface area contributed by atoms with Crippen LogP contribution in [0.3, 0.4) is 0 Å². The van der Waals surface area contributed by atoms with Gasteiger partial charge in [0.25, 0.3) is 5.91 Å². The lowest BCUT2D eigenvalue weighted by atomic mass is 10.1. The van der Waals surface area contributed by atoms with Crippen molar-refractivity contribution in [1.82, 2.24) is 15.1 Å². The SMILES string of the molecule is COC(=O)CCc1c(C)nn(-c2ccc(C(=O)NCCCN(C)c3ccccc3F)cc2)c1C. The minimum atomic E-state index is -0.257. The van der Waals surface area contributed by atoms with Crippen LogP contribution >= 0.6 is 0 Å². The molecule has 0 aliphatic heterocycles. The molecule has 1 aromatic heterocycles. The van der Waals surface area contributed by atoms with Gasteiger partial charge in [-0.2, -0.15) is 5.10 Å². The molecule has 3 aromatic rings. The van der Waals surface area contributed by atoms with Gasteiger partial charge < -0.3 is 15.0 Å². The van der Waals surface area contributed by atoms with Crippen LogP contribution in [-0.2, 0) is 16.0 Å². The summed E-state index contributed by atoms with van der Waals surface area (Å²) in [7, 11) is 3.21. The Morgan fingerprint density at radius 3 is 2.50 bits per heavy atom. The van der Waals surface area contributed by atoms with Crippen LogP contribution in [0.4, 0.5) is 10.1 Å². The quantitative estimate of drug-likeness (QED) is 0.361. The molecule has 0 fully saturated rings. The van der Waals surface area contributed by atoms with Gasteiger partial charge in [0.2, 0.25) is 0 Å². The maximum Gasteiger partial charge on any atom is 0.305 e. The highest BCUT2D eigenvalue weighted by atomic mass is 19.1. The lowest BCUT2D eigenvalue weighted by molar-refractivity contribution is -0.140. The number of nitrogens with one attached hydrogen (secondary N) is 1. The highest BCUT2D eigenvalue weighted by Crippen LogP contribution is 2.20. The molecule has 0 aliphatic rings. The second-order valence-corrected chi connectivity index (χ2v) is 8.17. The van der Waals surface area contributed by atoms with E-state index in [0.717, 1.165) is 22.6 Å². The molecule has 7 nitrogen and oxygen atoms in total. The monoisotopic (exact) mass is 466 g/mol. The number of esters is 1. The Balaban J connectivity index is 1.54. The maximum absolute atomic E-state index is 13.9. The smallest absolute Gasteiger partial charge is 0.305 e. The minimum absolute atomic E-state index is 0.160. The van der Waals surface area contributed by atoms with Gasteiger partial charge in [-0.3, -0.25) is 9.59 Å². The van der Waals surface area contributed by atoms with Crippen LogP contribution in [0.2, 0.25) is 0 Å². The fourth-order valence-electron chi connectivity index (χ4n) is 3.87. The van der Waals surface area contributed by atoms with Crippen LogP contribution in [0.5, 0.6) is 0 Å². The Bertz CT molecular complexity index is 1140. The number of aryl methyl sites for hydroxylation is 1. The van der Waals surface area contributed by atoms with Gasteiger partial charge in [0, 0.05) is 37.8 Å². The predicted molar refractivity (Wildman–Crippen MR) is 130 cm³/mol. The van der Waals surface area contributed by atoms with Crippen LogP contribution in [0, 0.1) is 19.7 Å². The lowest BCUT2D eigenvalue weighted by Gasteiger charge is -2.19. The van der Waals surface area contributed by atoms with E-state index < -0.39 is 0 Å². The summed E-state index contributed by atoms with van der Waals surface area (Å²) < 4.78 is 20.4. The van der Waals surface area contributed by atoms with Crippen molar-refractivity contribution in [1.29, 1.82) is 0 Å². The fourth-order valence-corrected chi connectivity index (χ4v) is 3.87. The number of carbonyl (C=O) groups excluding carboxylic acids is 2. The molecular weight excluding hydrogens is 435 g/mol. The standard InChI is InChI=1S/C26H31FN4O3/c1-18-22(14-15-25(32)34-4)19(2)31(29-18)21-12-10-20(11-13-21)26(33)28-16-7-17-30(3)24-9-6-5-8-23(24)27/h5-6,8-13H,7,14-17H2,1-4H3,(H,28,33). The van der Waals surface area contributed by atoms with Crippen molar-refractivity contribution in [2.24, 2.45) is 0 Å². The van der Waals surface area contributed by atoms with E-state index in [4.69, 9.17) is 4.74 Å². The molecule has 0 bridgehead atoms. The first-order valence-corrected chi connectivity index (χ1v) is 11.3. The Labute approximate surface area is 199 Å². The summed E-state index contributed by atoms with van der Waals surface area (Å²) in [6.07, 6.45) is 1.56. The van der Waals surface area contributed by atoms with E-state index in [1.807, 2.05) is 42.6 Å². The summed E-state index contributed by atoms with van der Waals surface area (Å²) >= 11 is 0. The number of carbonyl (C=O) groups is 2.